The van der Waals surface area contributed by atoms with Gasteiger partial charge in [-0.25, -0.2) is 4.98 Å². The summed E-state index contributed by atoms with van der Waals surface area (Å²) < 4.78 is 0.433. The molecule has 0 spiro atoms. The van der Waals surface area contributed by atoms with Gasteiger partial charge in [0.2, 0.25) is 0 Å². The van der Waals surface area contributed by atoms with Crippen LogP contribution in [0.3, 0.4) is 0 Å². The summed E-state index contributed by atoms with van der Waals surface area (Å²) in [5.41, 5.74) is 5.95. The van der Waals surface area contributed by atoms with E-state index in [1.165, 1.54) is 11.3 Å². The molecule has 54 valence electrons. The Bertz CT molecular complexity index is 268. The summed E-state index contributed by atoms with van der Waals surface area (Å²) in [6, 6.07) is 0. The van der Waals surface area contributed by atoms with E-state index in [1.807, 2.05) is 0 Å². The zero-order valence-electron chi connectivity index (χ0n) is 5.31. The Labute approximate surface area is 67.3 Å². The highest BCUT2D eigenvalue weighted by Gasteiger charge is 2.06. The lowest BCUT2D eigenvalue weighted by atomic mass is 10.4. The molecule has 1 heterocycles. The fraction of sp³-hybridized carbons (Fsp3) is 0.200. The van der Waals surface area contributed by atoms with E-state index in [0.717, 1.165) is 5.69 Å². The molecule has 1 aromatic rings. The van der Waals surface area contributed by atoms with Gasteiger partial charge in [-0.2, -0.15) is 0 Å². The van der Waals surface area contributed by atoms with Crippen molar-refractivity contribution in [2.24, 2.45) is 5.73 Å². The molecule has 0 fully saturated rings. The molecule has 3 N–H and O–H groups in total. The van der Waals surface area contributed by atoms with Crippen LogP contribution < -0.4 is 5.73 Å². The number of nitrogens with one attached hydrogen (secondary N) is 1. The van der Waals surface area contributed by atoms with Crippen LogP contribution in [-0.4, -0.2) is 10.8 Å². The predicted molar refractivity (Wildman–Crippen MR) is 42.9 cm³/mol. The monoisotopic (exact) mass is 175 g/mol. The zero-order chi connectivity index (χ0) is 7.72. The molecule has 5 heteroatoms. The second kappa shape index (κ2) is 2.56. The number of rotatable bonds is 1. The first-order valence-corrected chi connectivity index (χ1v) is 3.78. The summed E-state index contributed by atoms with van der Waals surface area (Å²) in [7, 11) is 0. The van der Waals surface area contributed by atoms with Crippen LogP contribution >= 0.6 is 22.9 Å². The van der Waals surface area contributed by atoms with E-state index in [4.69, 9.17) is 22.7 Å². The highest BCUT2D eigenvalue weighted by Crippen LogP contribution is 2.20. The summed E-state index contributed by atoms with van der Waals surface area (Å²) in [5.74, 6) is 0.0295. The number of thiazole rings is 1. The SMILES string of the molecule is Cc1nc(Cl)sc1C(=N)N. The maximum atomic E-state index is 7.08. The van der Waals surface area contributed by atoms with Crippen molar-refractivity contribution >= 4 is 28.8 Å². The van der Waals surface area contributed by atoms with Gasteiger partial charge < -0.3 is 5.73 Å². The number of aryl methyl sites for hydroxylation is 1. The van der Waals surface area contributed by atoms with Crippen molar-refractivity contribution < 1.29 is 0 Å². The van der Waals surface area contributed by atoms with Crippen molar-refractivity contribution in [1.82, 2.24) is 4.98 Å². The van der Waals surface area contributed by atoms with Crippen molar-refractivity contribution in [1.29, 1.82) is 5.41 Å². The highest BCUT2D eigenvalue weighted by atomic mass is 35.5. The molecular formula is C5H6ClN3S. The molecular weight excluding hydrogens is 170 g/mol. The van der Waals surface area contributed by atoms with Gasteiger partial charge in [0, 0.05) is 0 Å². The van der Waals surface area contributed by atoms with Crippen molar-refractivity contribution in [2.75, 3.05) is 0 Å². The van der Waals surface area contributed by atoms with Gasteiger partial charge in [-0.15, -0.1) is 0 Å². The molecule has 0 radical (unpaired) electrons. The second-order valence-corrected chi connectivity index (χ2v) is 3.38. The summed E-state index contributed by atoms with van der Waals surface area (Å²) in [4.78, 5) is 4.55. The van der Waals surface area contributed by atoms with Crippen molar-refractivity contribution in [3.05, 3.63) is 15.0 Å². The Morgan fingerprint density at radius 1 is 1.80 bits per heavy atom. The van der Waals surface area contributed by atoms with Gasteiger partial charge in [-0.3, -0.25) is 5.41 Å². The average Bonchev–Trinajstić information content (AvgIpc) is 2.10. The summed E-state index contributed by atoms with van der Waals surface area (Å²) in [5, 5.41) is 7.08. The Morgan fingerprint density at radius 2 is 2.40 bits per heavy atom. The minimum Gasteiger partial charge on any atom is -0.383 e. The number of aromatic nitrogens is 1. The van der Waals surface area contributed by atoms with E-state index >= 15 is 0 Å². The number of amidine groups is 1. The van der Waals surface area contributed by atoms with Crippen LogP contribution in [0.15, 0.2) is 0 Å². The van der Waals surface area contributed by atoms with E-state index in [1.54, 1.807) is 6.92 Å². The third kappa shape index (κ3) is 1.27. The van der Waals surface area contributed by atoms with Crippen LogP contribution in [0.25, 0.3) is 0 Å². The van der Waals surface area contributed by atoms with Crippen LogP contribution in [0.4, 0.5) is 0 Å². The highest BCUT2D eigenvalue weighted by molar-refractivity contribution is 7.17. The lowest BCUT2D eigenvalue weighted by Gasteiger charge is -1.89. The van der Waals surface area contributed by atoms with Gasteiger partial charge in [0.05, 0.1) is 10.6 Å². The van der Waals surface area contributed by atoms with Crippen molar-refractivity contribution in [3.63, 3.8) is 0 Å². The van der Waals surface area contributed by atoms with Gasteiger partial charge in [0.15, 0.2) is 4.47 Å². The molecule has 0 atom stereocenters. The van der Waals surface area contributed by atoms with Gasteiger partial charge in [0.1, 0.15) is 5.84 Å². The first-order valence-electron chi connectivity index (χ1n) is 2.58. The van der Waals surface area contributed by atoms with Gasteiger partial charge >= 0.3 is 0 Å². The maximum absolute atomic E-state index is 7.08. The molecule has 0 aromatic carbocycles. The standard InChI is InChI=1S/C5H6ClN3S/c1-2-3(4(7)8)10-5(6)9-2/h1H3,(H3,7,8). The molecule has 0 aliphatic heterocycles. The summed E-state index contributed by atoms with van der Waals surface area (Å²) >= 11 is 6.79. The Hall–Kier alpha value is -0.610. The van der Waals surface area contributed by atoms with Crippen LogP contribution in [0, 0.1) is 12.3 Å². The van der Waals surface area contributed by atoms with Crippen molar-refractivity contribution in [2.45, 2.75) is 6.92 Å². The first-order chi connectivity index (χ1) is 4.61. The van der Waals surface area contributed by atoms with Crippen LogP contribution in [-0.2, 0) is 0 Å². The smallest absolute Gasteiger partial charge is 0.184 e. The zero-order valence-corrected chi connectivity index (χ0v) is 6.88. The second-order valence-electron chi connectivity index (χ2n) is 1.80. The number of halogens is 1. The number of nitrogen functional groups attached to an aromatic ring is 1. The van der Waals surface area contributed by atoms with E-state index in [2.05, 4.69) is 4.98 Å². The van der Waals surface area contributed by atoms with E-state index < -0.39 is 0 Å². The van der Waals surface area contributed by atoms with E-state index in [9.17, 15) is 0 Å². The number of hydrogen-bond donors (Lipinski definition) is 2. The third-order valence-electron chi connectivity index (χ3n) is 1.02. The maximum Gasteiger partial charge on any atom is 0.184 e. The summed E-state index contributed by atoms with van der Waals surface area (Å²) in [6.07, 6.45) is 0. The average molecular weight is 176 g/mol. The molecule has 0 bridgehead atoms. The normalized spacial score (nSPS) is 9.80. The van der Waals surface area contributed by atoms with Crippen LogP contribution in [0.2, 0.25) is 4.47 Å². The summed E-state index contributed by atoms with van der Waals surface area (Å²) in [6.45, 7) is 1.78. The Morgan fingerprint density at radius 3 is 2.60 bits per heavy atom. The molecule has 1 aromatic heterocycles. The van der Waals surface area contributed by atoms with Gasteiger partial charge in [-0.1, -0.05) is 22.9 Å². The van der Waals surface area contributed by atoms with Crippen LogP contribution in [0.5, 0.6) is 0 Å². The topological polar surface area (TPSA) is 62.8 Å². The largest absolute Gasteiger partial charge is 0.383 e. The lowest BCUT2D eigenvalue weighted by Crippen LogP contribution is -2.10. The third-order valence-corrected chi connectivity index (χ3v) is 2.31. The van der Waals surface area contributed by atoms with E-state index in [0.29, 0.717) is 9.34 Å². The Balaban J connectivity index is 3.15. The minimum atomic E-state index is 0.0295. The first kappa shape index (κ1) is 7.50. The molecule has 0 saturated heterocycles. The number of nitrogens with two attached hydrogens (primary N) is 1. The van der Waals surface area contributed by atoms with Gasteiger partial charge in [0.25, 0.3) is 0 Å². The molecule has 0 saturated carbocycles. The van der Waals surface area contributed by atoms with Crippen LogP contribution in [0.1, 0.15) is 10.6 Å². The molecule has 0 aliphatic carbocycles. The molecule has 1 rings (SSSR count). The lowest BCUT2D eigenvalue weighted by molar-refractivity contribution is 1.25. The molecule has 0 aliphatic rings. The minimum absolute atomic E-state index is 0.0295. The van der Waals surface area contributed by atoms with Crippen molar-refractivity contribution in [3.8, 4) is 0 Å². The quantitative estimate of drug-likeness (QED) is 0.501. The van der Waals surface area contributed by atoms with E-state index in [-0.39, 0.29) is 5.84 Å². The fourth-order valence-corrected chi connectivity index (χ4v) is 1.63. The Kier molecular flexibility index (Phi) is 1.92. The number of hydrogen-bond acceptors (Lipinski definition) is 3. The fourth-order valence-electron chi connectivity index (χ4n) is 0.613. The van der Waals surface area contributed by atoms with Gasteiger partial charge in [-0.05, 0) is 6.92 Å². The molecule has 3 nitrogen and oxygen atoms in total. The number of nitrogens with zero attached hydrogens (tertiary/aromatic N) is 1. The molecule has 0 amide bonds. The molecule has 10 heavy (non-hydrogen) atoms. The molecule has 0 unspecified atom stereocenters. The predicted octanol–water partition coefficient (Wildman–Crippen LogP) is 1.39.